The van der Waals surface area contributed by atoms with Crippen molar-refractivity contribution in [2.45, 2.75) is 6.42 Å². The minimum absolute atomic E-state index is 0.154. The van der Waals surface area contributed by atoms with E-state index >= 15 is 0 Å². The molecule has 0 saturated heterocycles. The fraction of sp³-hybridized carbons (Fsp3) is 0.250. The third kappa shape index (κ3) is 3.21. The molecule has 0 atom stereocenters. The SMILES string of the molecule is Cn1cnnc1CCNC(=O)c1cc(O)cc(O)c1. The fourth-order valence-electron chi connectivity index (χ4n) is 1.65. The van der Waals surface area contributed by atoms with Gasteiger partial charge in [0.15, 0.2) is 0 Å². The molecule has 0 unspecified atom stereocenters. The summed E-state index contributed by atoms with van der Waals surface area (Å²) in [6.45, 7) is 0.391. The Hall–Kier alpha value is -2.57. The molecule has 0 aliphatic carbocycles. The molecule has 100 valence electrons. The highest BCUT2D eigenvalue weighted by atomic mass is 16.3. The predicted molar refractivity (Wildman–Crippen MR) is 66.8 cm³/mol. The van der Waals surface area contributed by atoms with Crippen LogP contribution < -0.4 is 5.32 Å². The van der Waals surface area contributed by atoms with Crippen molar-refractivity contribution in [3.8, 4) is 11.5 Å². The summed E-state index contributed by atoms with van der Waals surface area (Å²) in [4.78, 5) is 11.8. The summed E-state index contributed by atoms with van der Waals surface area (Å²) >= 11 is 0. The van der Waals surface area contributed by atoms with Gasteiger partial charge in [0.05, 0.1) is 0 Å². The molecule has 2 aromatic rings. The topological polar surface area (TPSA) is 100 Å². The molecule has 0 aliphatic heterocycles. The first kappa shape index (κ1) is 12.9. The Morgan fingerprint density at radius 3 is 2.58 bits per heavy atom. The Balaban J connectivity index is 1.92. The van der Waals surface area contributed by atoms with E-state index in [4.69, 9.17) is 0 Å². The third-order valence-electron chi connectivity index (χ3n) is 2.60. The molecule has 0 radical (unpaired) electrons. The van der Waals surface area contributed by atoms with E-state index in [9.17, 15) is 15.0 Å². The van der Waals surface area contributed by atoms with Gasteiger partial charge in [-0.2, -0.15) is 0 Å². The van der Waals surface area contributed by atoms with Gasteiger partial charge in [-0.3, -0.25) is 4.79 Å². The molecule has 1 aromatic carbocycles. The number of hydrogen-bond donors (Lipinski definition) is 3. The summed E-state index contributed by atoms with van der Waals surface area (Å²) in [6, 6.07) is 3.74. The van der Waals surface area contributed by atoms with E-state index in [1.807, 2.05) is 7.05 Å². The molecule has 0 spiro atoms. The maximum atomic E-state index is 11.8. The Labute approximate surface area is 109 Å². The van der Waals surface area contributed by atoms with Gasteiger partial charge >= 0.3 is 0 Å². The molecular formula is C12H14N4O3. The van der Waals surface area contributed by atoms with Crippen LogP contribution >= 0.6 is 0 Å². The largest absolute Gasteiger partial charge is 0.508 e. The van der Waals surface area contributed by atoms with E-state index in [1.165, 1.54) is 12.1 Å². The number of rotatable bonds is 4. The number of amides is 1. The number of hydrogen-bond acceptors (Lipinski definition) is 5. The number of phenolic OH excluding ortho intramolecular Hbond substituents is 2. The zero-order valence-electron chi connectivity index (χ0n) is 10.4. The lowest BCUT2D eigenvalue weighted by molar-refractivity contribution is 0.0953. The molecule has 1 aromatic heterocycles. The number of nitrogens with zero attached hydrogens (tertiary/aromatic N) is 3. The van der Waals surface area contributed by atoms with Crippen molar-refractivity contribution < 1.29 is 15.0 Å². The van der Waals surface area contributed by atoms with Gasteiger partial charge in [0.2, 0.25) is 0 Å². The van der Waals surface area contributed by atoms with Crippen molar-refractivity contribution in [3.05, 3.63) is 35.9 Å². The van der Waals surface area contributed by atoms with Crippen molar-refractivity contribution in [1.82, 2.24) is 20.1 Å². The van der Waals surface area contributed by atoms with Gasteiger partial charge in [0.25, 0.3) is 5.91 Å². The van der Waals surface area contributed by atoms with Crippen molar-refractivity contribution in [3.63, 3.8) is 0 Å². The summed E-state index contributed by atoms with van der Waals surface area (Å²) in [7, 11) is 1.82. The van der Waals surface area contributed by atoms with E-state index in [0.29, 0.717) is 13.0 Å². The van der Waals surface area contributed by atoms with E-state index in [2.05, 4.69) is 15.5 Å². The molecule has 1 heterocycles. The molecule has 7 heteroatoms. The highest BCUT2D eigenvalue weighted by molar-refractivity contribution is 5.95. The monoisotopic (exact) mass is 262 g/mol. The van der Waals surface area contributed by atoms with E-state index in [-0.39, 0.29) is 23.0 Å². The molecule has 0 saturated carbocycles. The maximum absolute atomic E-state index is 11.8. The van der Waals surface area contributed by atoms with Gasteiger partial charge in [-0.15, -0.1) is 10.2 Å². The lowest BCUT2D eigenvalue weighted by Gasteiger charge is -2.06. The van der Waals surface area contributed by atoms with Crippen LogP contribution in [0, 0.1) is 0 Å². The number of nitrogens with one attached hydrogen (secondary N) is 1. The minimum Gasteiger partial charge on any atom is -0.508 e. The number of benzene rings is 1. The summed E-state index contributed by atoms with van der Waals surface area (Å²) in [6.07, 6.45) is 2.14. The smallest absolute Gasteiger partial charge is 0.251 e. The first-order valence-corrected chi connectivity index (χ1v) is 5.70. The average Bonchev–Trinajstić information content (AvgIpc) is 2.74. The molecule has 0 bridgehead atoms. The summed E-state index contributed by atoms with van der Waals surface area (Å²) in [5.41, 5.74) is 0.204. The molecule has 1 amide bonds. The van der Waals surface area contributed by atoms with Crippen LogP contribution in [0.25, 0.3) is 0 Å². The predicted octanol–water partition coefficient (Wildman–Crippen LogP) is 0.199. The van der Waals surface area contributed by atoms with Crippen molar-refractivity contribution >= 4 is 5.91 Å². The van der Waals surface area contributed by atoms with Gasteiger partial charge in [-0.1, -0.05) is 0 Å². The third-order valence-corrected chi connectivity index (χ3v) is 2.60. The van der Waals surface area contributed by atoms with Gasteiger partial charge in [-0.05, 0) is 12.1 Å². The lowest BCUT2D eigenvalue weighted by atomic mass is 10.2. The summed E-state index contributed by atoms with van der Waals surface area (Å²) in [5.74, 6) is 0.0873. The number of carbonyl (C=O) groups excluding carboxylic acids is 1. The number of carbonyl (C=O) groups is 1. The number of phenols is 2. The Morgan fingerprint density at radius 2 is 2.00 bits per heavy atom. The van der Waals surface area contributed by atoms with E-state index in [0.717, 1.165) is 11.9 Å². The molecule has 3 N–H and O–H groups in total. The molecule has 0 aliphatic rings. The lowest BCUT2D eigenvalue weighted by Crippen LogP contribution is -2.26. The van der Waals surface area contributed by atoms with Crippen molar-refractivity contribution in [2.24, 2.45) is 7.05 Å². The van der Waals surface area contributed by atoms with Crippen LogP contribution in [-0.2, 0) is 13.5 Å². The average molecular weight is 262 g/mol. The van der Waals surface area contributed by atoms with Gasteiger partial charge < -0.3 is 20.1 Å². The van der Waals surface area contributed by atoms with Gasteiger partial charge in [0, 0.05) is 31.6 Å². The quantitative estimate of drug-likeness (QED) is 0.730. The van der Waals surface area contributed by atoms with Crippen molar-refractivity contribution in [1.29, 1.82) is 0 Å². The van der Waals surface area contributed by atoms with E-state index in [1.54, 1.807) is 10.9 Å². The zero-order valence-corrected chi connectivity index (χ0v) is 10.4. The van der Waals surface area contributed by atoms with Crippen LogP contribution in [0.5, 0.6) is 11.5 Å². The molecule has 0 fully saturated rings. The molecule has 19 heavy (non-hydrogen) atoms. The number of aryl methyl sites for hydroxylation is 1. The van der Waals surface area contributed by atoms with Gasteiger partial charge in [-0.25, -0.2) is 0 Å². The normalized spacial score (nSPS) is 10.4. The maximum Gasteiger partial charge on any atom is 0.251 e. The van der Waals surface area contributed by atoms with Crippen molar-refractivity contribution in [2.75, 3.05) is 6.54 Å². The number of aromatic hydroxyl groups is 2. The number of aromatic nitrogens is 3. The highest BCUT2D eigenvalue weighted by Crippen LogP contribution is 2.20. The standard InChI is InChI=1S/C12H14N4O3/c1-16-7-14-15-11(16)2-3-13-12(19)8-4-9(17)6-10(18)5-8/h4-7,17-18H,2-3H2,1H3,(H,13,19). The second-order valence-corrected chi connectivity index (χ2v) is 4.10. The summed E-state index contributed by atoms with van der Waals surface area (Å²) in [5, 5.41) is 28.9. The highest BCUT2D eigenvalue weighted by Gasteiger charge is 2.08. The zero-order chi connectivity index (χ0) is 13.8. The Bertz CT molecular complexity index is 574. The van der Waals surface area contributed by atoms with E-state index < -0.39 is 0 Å². The summed E-state index contributed by atoms with van der Waals surface area (Å²) < 4.78 is 1.77. The Morgan fingerprint density at radius 1 is 1.32 bits per heavy atom. The van der Waals surface area contributed by atoms with Crippen LogP contribution in [-0.4, -0.2) is 37.4 Å². The van der Waals surface area contributed by atoms with Crippen LogP contribution in [0.15, 0.2) is 24.5 Å². The second kappa shape index (κ2) is 5.38. The molecule has 2 rings (SSSR count). The van der Waals surface area contributed by atoms with Crippen LogP contribution in [0.3, 0.4) is 0 Å². The van der Waals surface area contributed by atoms with Crippen LogP contribution in [0.1, 0.15) is 16.2 Å². The first-order chi connectivity index (χ1) is 9.06. The van der Waals surface area contributed by atoms with Crippen LogP contribution in [0.2, 0.25) is 0 Å². The van der Waals surface area contributed by atoms with Gasteiger partial charge in [0.1, 0.15) is 23.7 Å². The second-order valence-electron chi connectivity index (χ2n) is 4.10. The first-order valence-electron chi connectivity index (χ1n) is 5.70. The fourth-order valence-corrected chi connectivity index (χ4v) is 1.65. The van der Waals surface area contributed by atoms with Crippen LogP contribution in [0.4, 0.5) is 0 Å². The molecular weight excluding hydrogens is 248 g/mol. The molecule has 7 nitrogen and oxygen atoms in total. The Kier molecular flexibility index (Phi) is 3.65. The minimum atomic E-state index is -0.367.